The first-order valence-corrected chi connectivity index (χ1v) is 6.40. The Bertz CT molecular complexity index is 454. The smallest absolute Gasteiger partial charge is 0.123 e. The lowest BCUT2D eigenvalue weighted by Gasteiger charge is -2.27. The van der Waals surface area contributed by atoms with Crippen LogP contribution in [0.15, 0.2) is 23.4 Å². The molecule has 1 aromatic carbocycles. The van der Waals surface area contributed by atoms with E-state index in [2.05, 4.69) is 10.1 Å². The second-order valence-electron chi connectivity index (χ2n) is 4.60. The van der Waals surface area contributed by atoms with E-state index in [1.807, 2.05) is 18.2 Å². The zero-order chi connectivity index (χ0) is 13.7. The number of nitrogens with zero attached hydrogens (tertiary/aromatic N) is 2. The summed E-state index contributed by atoms with van der Waals surface area (Å²) in [5.41, 5.74) is 2.61. The van der Waals surface area contributed by atoms with Gasteiger partial charge in [0.2, 0.25) is 0 Å². The number of oxime groups is 1. The first-order valence-electron chi connectivity index (χ1n) is 6.40. The highest BCUT2D eigenvalue weighted by atomic mass is 16.5. The summed E-state index contributed by atoms with van der Waals surface area (Å²) in [5, 5.41) is 12.1. The summed E-state index contributed by atoms with van der Waals surface area (Å²) >= 11 is 0. The maximum atomic E-state index is 8.86. The molecule has 1 saturated heterocycles. The summed E-state index contributed by atoms with van der Waals surface area (Å²) in [7, 11) is 1.67. The van der Waals surface area contributed by atoms with Gasteiger partial charge >= 0.3 is 0 Å². The van der Waals surface area contributed by atoms with Crippen LogP contribution in [0.4, 0.5) is 0 Å². The van der Waals surface area contributed by atoms with Crippen molar-refractivity contribution in [2.45, 2.75) is 13.5 Å². The quantitative estimate of drug-likeness (QED) is 0.511. The van der Waals surface area contributed by atoms with Crippen molar-refractivity contribution in [2.75, 3.05) is 33.4 Å². The van der Waals surface area contributed by atoms with E-state index in [1.165, 1.54) is 0 Å². The summed E-state index contributed by atoms with van der Waals surface area (Å²) in [6.07, 6.45) is 0. The molecule has 19 heavy (non-hydrogen) atoms. The minimum Gasteiger partial charge on any atom is -0.496 e. The zero-order valence-corrected chi connectivity index (χ0v) is 11.4. The van der Waals surface area contributed by atoms with Crippen LogP contribution in [0.3, 0.4) is 0 Å². The lowest BCUT2D eigenvalue weighted by Crippen LogP contribution is -2.35. The molecule has 1 aromatic rings. The van der Waals surface area contributed by atoms with Crippen molar-refractivity contribution in [3.05, 3.63) is 29.3 Å². The van der Waals surface area contributed by atoms with Crippen molar-refractivity contribution in [1.29, 1.82) is 0 Å². The van der Waals surface area contributed by atoms with Gasteiger partial charge in [-0.2, -0.15) is 0 Å². The highest BCUT2D eigenvalue weighted by molar-refractivity contribution is 5.98. The molecule has 2 rings (SSSR count). The first-order chi connectivity index (χ1) is 9.24. The number of methoxy groups -OCH3 is 1. The lowest BCUT2D eigenvalue weighted by atomic mass is 10.1. The summed E-state index contributed by atoms with van der Waals surface area (Å²) in [6, 6.07) is 5.83. The fourth-order valence-corrected chi connectivity index (χ4v) is 2.19. The van der Waals surface area contributed by atoms with Gasteiger partial charge in [-0.1, -0.05) is 5.16 Å². The Balaban J connectivity index is 2.20. The summed E-state index contributed by atoms with van der Waals surface area (Å²) in [4.78, 5) is 2.33. The maximum absolute atomic E-state index is 8.86. The number of hydrogen-bond donors (Lipinski definition) is 1. The molecule has 1 aliphatic heterocycles. The van der Waals surface area contributed by atoms with Gasteiger partial charge in [0.1, 0.15) is 5.75 Å². The second-order valence-corrected chi connectivity index (χ2v) is 4.60. The normalized spacial score (nSPS) is 17.5. The van der Waals surface area contributed by atoms with Crippen molar-refractivity contribution < 1.29 is 14.7 Å². The molecule has 1 aliphatic rings. The van der Waals surface area contributed by atoms with E-state index in [0.717, 1.165) is 49.7 Å². The molecule has 0 aliphatic carbocycles. The molecule has 0 amide bonds. The van der Waals surface area contributed by atoms with Gasteiger partial charge in [-0.05, 0) is 30.7 Å². The van der Waals surface area contributed by atoms with Crippen molar-refractivity contribution in [3.63, 3.8) is 0 Å². The Kier molecular flexibility index (Phi) is 4.76. The minimum absolute atomic E-state index is 0.603. The first kappa shape index (κ1) is 13.8. The van der Waals surface area contributed by atoms with E-state index in [0.29, 0.717) is 5.71 Å². The van der Waals surface area contributed by atoms with Crippen molar-refractivity contribution >= 4 is 5.71 Å². The third-order valence-electron chi connectivity index (χ3n) is 3.35. The predicted octanol–water partition coefficient (Wildman–Crippen LogP) is 1.73. The second kappa shape index (κ2) is 6.54. The molecule has 5 nitrogen and oxygen atoms in total. The van der Waals surface area contributed by atoms with Crippen LogP contribution in [0, 0.1) is 0 Å². The van der Waals surface area contributed by atoms with Crippen LogP contribution in [0.5, 0.6) is 5.75 Å². The molecule has 0 atom stereocenters. The largest absolute Gasteiger partial charge is 0.496 e. The summed E-state index contributed by atoms with van der Waals surface area (Å²) < 4.78 is 10.7. The fraction of sp³-hybridized carbons (Fsp3) is 0.500. The molecule has 0 unspecified atom stereocenters. The Morgan fingerprint density at radius 2 is 2.16 bits per heavy atom. The fourth-order valence-electron chi connectivity index (χ4n) is 2.19. The van der Waals surface area contributed by atoms with Gasteiger partial charge in [-0.15, -0.1) is 0 Å². The van der Waals surface area contributed by atoms with E-state index in [1.54, 1.807) is 14.0 Å². The molecule has 1 fully saturated rings. The van der Waals surface area contributed by atoms with Crippen LogP contribution >= 0.6 is 0 Å². The average molecular weight is 264 g/mol. The van der Waals surface area contributed by atoms with Gasteiger partial charge in [0.15, 0.2) is 0 Å². The maximum Gasteiger partial charge on any atom is 0.123 e. The molecule has 1 heterocycles. The topological polar surface area (TPSA) is 54.3 Å². The number of hydrogen-bond acceptors (Lipinski definition) is 5. The number of ether oxygens (including phenoxy) is 2. The number of rotatable bonds is 4. The SMILES string of the molecule is COc1ccc(/C(C)=N/O)cc1CN1CCOCC1. The monoisotopic (exact) mass is 264 g/mol. The molecule has 0 spiro atoms. The van der Waals surface area contributed by atoms with Crippen LogP contribution in [0.1, 0.15) is 18.1 Å². The Hall–Kier alpha value is -1.59. The molecule has 104 valence electrons. The van der Waals surface area contributed by atoms with Crippen molar-refractivity contribution in [2.24, 2.45) is 5.16 Å². The molecule has 0 aromatic heterocycles. The van der Waals surface area contributed by atoms with E-state index >= 15 is 0 Å². The van der Waals surface area contributed by atoms with Crippen molar-refractivity contribution in [3.8, 4) is 5.75 Å². The van der Waals surface area contributed by atoms with Gasteiger partial charge in [0.25, 0.3) is 0 Å². The van der Waals surface area contributed by atoms with Crippen LogP contribution in [-0.4, -0.2) is 49.2 Å². The highest BCUT2D eigenvalue weighted by Gasteiger charge is 2.14. The zero-order valence-electron chi connectivity index (χ0n) is 11.4. The third-order valence-corrected chi connectivity index (χ3v) is 3.35. The number of morpholine rings is 1. The number of benzene rings is 1. The van der Waals surface area contributed by atoms with Crippen LogP contribution in [0.25, 0.3) is 0 Å². The Morgan fingerprint density at radius 3 is 2.79 bits per heavy atom. The van der Waals surface area contributed by atoms with E-state index < -0.39 is 0 Å². The summed E-state index contributed by atoms with van der Waals surface area (Å²) in [6.45, 7) is 6.01. The Labute approximate surface area is 113 Å². The van der Waals surface area contributed by atoms with Gasteiger partial charge < -0.3 is 14.7 Å². The van der Waals surface area contributed by atoms with Gasteiger partial charge in [-0.3, -0.25) is 4.90 Å². The highest BCUT2D eigenvalue weighted by Crippen LogP contribution is 2.22. The molecule has 0 bridgehead atoms. The van der Waals surface area contributed by atoms with Crippen LogP contribution < -0.4 is 4.74 Å². The van der Waals surface area contributed by atoms with E-state index in [4.69, 9.17) is 14.7 Å². The molecular formula is C14H20N2O3. The van der Waals surface area contributed by atoms with Crippen LogP contribution in [0.2, 0.25) is 0 Å². The molecular weight excluding hydrogens is 244 g/mol. The minimum atomic E-state index is 0.603. The molecule has 5 heteroatoms. The average Bonchev–Trinajstić information content (AvgIpc) is 2.47. The Morgan fingerprint density at radius 1 is 1.42 bits per heavy atom. The van der Waals surface area contributed by atoms with Gasteiger partial charge in [0, 0.05) is 25.2 Å². The summed E-state index contributed by atoms with van der Waals surface area (Å²) in [5.74, 6) is 0.862. The van der Waals surface area contributed by atoms with Crippen LogP contribution in [-0.2, 0) is 11.3 Å². The molecule has 0 saturated carbocycles. The predicted molar refractivity (Wildman–Crippen MR) is 73.1 cm³/mol. The van der Waals surface area contributed by atoms with Crippen molar-refractivity contribution in [1.82, 2.24) is 4.90 Å². The van der Waals surface area contributed by atoms with E-state index in [9.17, 15) is 0 Å². The lowest BCUT2D eigenvalue weighted by molar-refractivity contribution is 0.0339. The van der Waals surface area contributed by atoms with Gasteiger partial charge in [-0.25, -0.2) is 0 Å². The standard InChI is InChI=1S/C14H20N2O3/c1-11(15-17)12-3-4-14(18-2)13(9-12)10-16-5-7-19-8-6-16/h3-4,9,17H,5-8,10H2,1-2H3/b15-11+. The molecule has 0 radical (unpaired) electrons. The van der Waals surface area contributed by atoms with Gasteiger partial charge in [0.05, 0.1) is 26.0 Å². The molecule has 1 N–H and O–H groups in total. The van der Waals surface area contributed by atoms with E-state index in [-0.39, 0.29) is 0 Å². The third kappa shape index (κ3) is 3.45.